The molecule has 1 amide bonds. The first-order valence-corrected chi connectivity index (χ1v) is 6.09. The minimum absolute atomic E-state index is 0.0197. The maximum Gasteiger partial charge on any atom is 0.360 e. The third-order valence-corrected chi connectivity index (χ3v) is 2.92. The number of aromatic nitrogens is 2. The summed E-state index contributed by atoms with van der Waals surface area (Å²) >= 11 is 0. The second-order valence-corrected chi connectivity index (χ2v) is 4.57. The van der Waals surface area contributed by atoms with Crippen LogP contribution in [-0.4, -0.2) is 28.5 Å². The van der Waals surface area contributed by atoms with E-state index in [1.165, 1.54) is 11.7 Å². The Bertz CT molecular complexity index is 493. The third kappa shape index (κ3) is 2.69. The predicted octanol–water partition coefficient (Wildman–Crippen LogP) is 0.497. The van der Waals surface area contributed by atoms with E-state index in [1.807, 2.05) is 20.8 Å². The lowest BCUT2D eigenvalue weighted by molar-refractivity contribution is -0.122. The molecule has 1 aromatic rings. The number of nitrogen functional groups attached to an aromatic ring is 1. The van der Waals surface area contributed by atoms with E-state index in [-0.39, 0.29) is 17.4 Å². The molecule has 0 spiro atoms. The van der Waals surface area contributed by atoms with Gasteiger partial charge >= 0.3 is 5.97 Å². The van der Waals surface area contributed by atoms with E-state index in [0.29, 0.717) is 12.2 Å². The molecule has 0 saturated carbocycles. The summed E-state index contributed by atoms with van der Waals surface area (Å²) in [6.07, 6.45) is 0.525. The molecule has 0 aliphatic heterocycles. The van der Waals surface area contributed by atoms with Crippen LogP contribution in [0.5, 0.6) is 0 Å². The van der Waals surface area contributed by atoms with E-state index >= 15 is 0 Å². The molecule has 1 aromatic heterocycles. The lowest BCUT2D eigenvalue weighted by Gasteiger charge is -2.22. The summed E-state index contributed by atoms with van der Waals surface area (Å²) in [7, 11) is 1.25. The molecular weight excluding hydrogens is 248 g/mol. The van der Waals surface area contributed by atoms with E-state index in [2.05, 4.69) is 9.72 Å². The number of carbonyl (C=O) groups is 2. The van der Waals surface area contributed by atoms with Crippen LogP contribution in [0.25, 0.3) is 0 Å². The third-order valence-electron chi connectivity index (χ3n) is 2.92. The summed E-state index contributed by atoms with van der Waals surface area (Å²) < 4.78 is 6.15. The number of esters is 1. The Kier molecular flexibility index (Phi) is 4.52. The molecule has 1 heterocycles. The number of nitrogens with zero attached hydrogens (tertiary/aromatic N) is 2. The number of amides is 1. The average Bonchev–Trinajstić information content (AvgIpc) is 2.65. The number of hydrogen-bond donors (Lipinski definition) is 2. The molecule has 0 aliphatic rings. The van der Waals surface area contributed by atoms with Gasteiger partial charge in [-0.25, -0.2) is 9.78 Å². The van der Waals surface area contributed by atoms with Crippen LogP contribution in [0.4, 0.5) is 5.82 Å². The molecule has 19 heavy (non-hydrogen) atoms. The Morgan fingerprint density at radius 1 is 1.42 bits per heavy atom. The van der Waals surface area contributed by atoms with E-state index in [4.69, 9.17) is 11.5 Å². The first-order valence-electron chi connectivity index (χ1n) is 6.09. The zero-order chi connectivity index (χ0) is 14.7. The van der Waals surface area contributed by atoms with Crippen LogP contribution < -0.4 is 11.5 Å². The zero-order valence-corrected chi connectivity index (χ0v) is 11.6. The molecular formula is C12H20N4O3. The van der Waals surface area contributed by atoms with Crippen molar-refractivity contribution in [2.75, 3.05) is 12.8 Å². The fourth-order valence-corrected chi connectivity index (χ4v) is 2.05. The molecule has 7 heteroatoms. The number of rotatable bonds is 5. The topological polar surface area (TPSA) is 113 Å². The van der Waals surface area contributed by atoms with Crippen LogP contribution >= 0.6 is 0 Å². The maximum atomic E-state index is 11.6. The highest BCUT2D eigenvalue weighted by molar-refractivity contribution is 5.92. The predicted molar refractivity (Wildman–Crippen MR) is 70.4 cm³/mol. The van der Waals surface area contributed by atoms with Gasteiger partial charge in [0.25, 0.3) is 0 Å². The number of ether oxygens (including phenoxy) is 1. The van der Waals surface area contributed by atoms with Crippen molar-refractivity contribution in [2.24, 2.45) is 11.7 Å². The van der Waals surface area contributed by atoms with Gasteiger partial charge in [-0.15, -0.1) is 0 Å². The van der Waals surface area contributed by atoms with Gasteiger partial charge in [0.1, 0.15) is 17.7 Å². The van der Waals surface area contributed by atoms with Gasteiger partial charge in [0.05, 0.1) is 7.11 Å². The number of anilines is 1. The van der Waals surface area contributed by atoms with Gasteiger partial charge in [-0.05, 0) is 5.92 Å². The molecule has 106 valence electrons. The van der Waals surface area contributed by atoms with E-state index < -0.39 is 17.9 Å². The highest BCUT2D eigenvalue weighted by Gasteiger charge is 2.29. The summed E-state index contributed by atoms with van der Waals surface area (Å²) in [6, 6.07) is -0.638. The summed E-state index contributed by atoms with van der Waals surface area (Å²) in [6.45, 7) is 5.57. The van der Waals surface area contributed by atoms with E-state index in [0.717, 1.165) is 0 Å². The number of carbonyl (C=O) groups excluding carboxylic acids is 2. The quantitative estimate of drug-likeness (QED) is 0.755. The molecule has 0 saturated heterocycles. The average molecular weight is 268 g/mol. The van der Waals surface area contributed by atoms with Gasteiger partial charge in [-0.3, -0.25) is 4.79 Å². The fourth-order valence-electron chi connectivity index (χ4n) is 2.05. The fraction of sp³-hybridized carbons (Fsp3) is 0.583. The Labute approximate surface area is 111 Å². The molecule has 0 bridgehead atoms. The molecule has 1 unspecified atom stereocenters. The summed E-state index contributed by atoms with van der Waals surface area (Å²) in [4.78, 5) is 27.3. The van der Waals surface area contributed by atoms with Gasteiger partial charge in [-0.2, -0.15) is 0 Å². The summed E-state index contributed by atoms with van der Waals surface area (Å²) in [5.41, 5.74) is 11.4. The Morgan fingerprint density at radius 2 is 2.00 bits per heavy atom. The molecule has 0 fully saturated rings. The number of methoxy groups -OCH3 is 1. The van der Waals surface area contributed by atoms with Gasteiger partial charge < -0.3 is 20.8 Å². The first-order chi connectivity index (χ1) is 8.84. The SMILES string of the molecule is CCc1nc(C(=O)OC)c(N)n1C(C(N)=O)C(C)C. The summed E-state index contributed by atoms with van der Waals surface area (Å²) in [5, 5.41) is 0. The molecule has 0 radical (unpaired) electrons. The number of nitrogens with two attached hydrogens (primary N) is 2. The van der Waals surface area contributed by atoms with Crippen LogP contribution in [0.1, 0.15) is 43.1 Å². The number of primary amides is 1. The smallest absolute Gasteiger partial charge is 0.360 e. The Balaban J connectivity index is 3.44. The van der Waals surface area contributed by atoms with Gasteiger partial charge in [-0.1, -0.05) is 20.8 Å². The van der Waals surface area contributed by atoms with Gasteiger partial charge in [0.15, 0.2) is 5.69 Å². The second kappa shape index (κ2) is 5.73. The van der Waals surface area contributed by atoms with Crippen molar-refractivity contribution >= 4 is 17.7 Å². The minimum Gasteiger partial charge on any atom is -0.464 e. The van der Waals surface area contributed by atoms with Crippen molar-refractivity contribution in [3.05, 3.63) is 11.5 Å². The van der Waals surface area contributed by atoms with Gasteiger partial charge in [0.2, 0.25) is 5.91 Å². The monoisotopic (exact) mass is 268 g/mol. The summed E-state index contributed by atoms with van der Waals surface area (Å²) in [5.74, 6) is -0.551. The largest absolute Gasteiger partial charge is 0.464 e. The minimum atomic E-state index is -0.638. The van der Waals surface area contributed by atoms with Crippen molar-refractivity contribution in [1.29, 1.82) is 0 Å². The van der Waals surface area contributed by atoms with Crippen LogP contribution in [0.2, 0.25) is 0 Å². The lowest BCUT2D eigenvalue weighted by atomic mass is 10.0. The molecule has 7 nitrogen and oxygen atoms in total. The van der Waals surface area contributed by atoms with Crippen molar-refractivity contribution in [3.63, 3.8) is 0 Å². The zero-order valence-electron chi connectivity index (χ0n) is 11.6. The first kappa shape index (κ1) is 15.0. The molecule has 1 atom stereocenters. The van der Waals surface area contributed by atoms with Crippen LogP contribution in [0, 0.1) is 5.92 Å². The van der Waals surface area contributed by atoms with Crippen LogP contribution in [0.3, 0.4) is 0 Å². The van der Waals surface area contributed by atoms with Gasteiger partial charge in [0, 0.05) is 6.42 Å². The highest BCUT2D eigenvalue weighted by Crippen LogP contribution is 2.26. The Morgan fingerprint density at radius 3 is 2.37 bits per heavy atom. The highest BCUT2D eigenvalue weighted by atomic mass is 16.5. The molecule has 4 N–H and O–H groups in total. The number of aryl methyl sites for hydroxylation is 1. The second-order valence-electron chi connectivity index (χ2n) is 4.57. The normalized spacial score (nSPS) is 12.5. The van der Waals surface area contributed by atoms with Crippen LogP contribution in [-0.2, 0) is 16.0 Å². The van der Waals surface area contributed by atoms with Crippen molar-refractivity contribution < 1.29 is 14.3 Å². The maximum absolute atomic E-state index is 11.6. The number of imidazole rings is 1. The Hall–Kier alpha value is -2.05. The van der Waals surface area contributed by atoms with E-state index in [1.54, 1.807) is 0 Å². The standard InChI is InChI=1S/C12H20N4O3/c1-5-7-15-8(12(18)19-4)10(13)16(7)9(6(2)3)11(14)17/h6,9H,5,13H2,1-4H3,(H2,14,17). The lowest BCUT2D eigenvalue weighted by Crippen LogP contribution is -2.32. The van der Waals surface area contributed by atoms with Crippen molar-refractivity contribution in [1.82, 2.24) is 9.55 Å². The molecule has 1 rings (SSSR count). The number of hydrogen-bond acceptors (Lipinski definition) is 5. The van der Waals surface area contributed by atoms with E-state index in [9.17, 15) is 9.59 Å². The van der Waals surface area contributed by atoms with Crippen LogP contribution in [0.15, 0.2) is 0 Å². The molecule has 0 aromatic carbocycles. The molecule has 0 aliphatic carbocycles. The van der Waals surface area contributed by atoms with Crippen molar-refractivity contribution in [2.45, 2.75) is 33.2 Å². The van der Waals surface area contributed by atoms with Crippen molar-refractivity contribution in [3.8, 4) is 0 Å².